The summed E-state index contributed by atoms with van der Waals surface area (Å²) in [6.07, 6.45) is 4.51. The van der Waals surface area contributed by atoms with Crippen molar-refractivity contribution in [1.29, 1.82) is 0 Å². The van der Waals surface area contributed by atoms with Gasteiger partial charge in [-0.25, -0.2) is 9.37 Å². The molecule has 132 valence electrons. The first-order valence-electron chi connectivity index (χ1n) is 8.06. The van der Waals surface area contributed by atoms with Crippen LogP contribution in [0.15, 0.2) is 42.9 Å². The van der Waals surface area contributed by atoms with Crippen LogP contribution in [0, 0.1) is 11.7 Å². The molecule has 0 atom stereocenters. The van der Waals surface area contributed by atoms with E-state index in [4.69, 9.17) is 0 Å². The fourth-order valence-corrected chi connectivity index (χ4v) is 2.28. The minimum Gasteiger partial charge on any atom is -0.336 e. The van der Waals surface area contributed by atoms with E-state index in [1.807, 2.05) is 13.8 Å². The monoisotopic (exact) mass is 344 g/mol. The van der Waals surface area contributed by atoms with Gasteiger partial charge in [-0.2, -0.15) is 0 Å². The molecular formula is C18H21FN4O2. The number of rotatable bonds is 7. The molecule has 0 aliphatic carbocycles. The largest absolute Gasteiger partial charge is 0.336 e. The molecule has 0 spiro atoms. The van der Waals surface area contributed by atoms with E-state index in [9.17, 15) is 14.0 Å². The second-order valence-corrected chi connectivity index (χ2v) is 6.04. The summed E-state index contributed by atoms with van der Waals surface area (Å²) in [4.78, 5) is 34.1. The number of hydrogen-bond donors (Lipinski definition) is 1. The zero-order chi connectivity index (χ0) is 18.2. The maximum absolute atomic E-state index is 12.9. The number of nitrogens with one attached hydrogen (secondary N) is 1. The molecule has 0 saturated carbocycles. The van der Waals surface area contributed by atoms with E-state index in [2.05, 4.69) is 15.3 Å². The van der Waals surface area contributed by atoms with Crippen molar-refractivity contribution in [3.8, 4) is 0 Å². The molecule has 2 aromatic rings. The van der Waals surface area contributed by atoms with E-state index >= 15 is 0 Å². The SMILES string of the molecule is CC(C)CN(CCC(=O)Nc1ccc(F)cc1)C(=O)c1cnccn1. The Bertz CT molecular complexity index is 705. The average Bonchev–Trinajstić information content (AvgIpc) is 2.60. The Morgan fingerprint density at radius 2 is 1.92 bits per heavy atom. The molecule has 0 fully saturated rings. The van der Waals surface area contributed by atoms with Gasteiger partial charge in [0.25, 0.3) is 5.91 Å². The number of carbonyl (C=O) groups excluding carboxylic acids is 2. The van der Waals surface area contributed by atoms with Crippen LogP contribution in [0.2, 0.25) is 0 Å². The molecule has 1 heterocycles. The van der Waals surface area contributed by atoms with Gasteiger partial charge >= 0.3 is 0 Å². The fraction of sp³-hybridized carbons (Fsp3) is 0.333. The lowest BCUT2D eigenvalue weighted by Crippen LogP contribution is -2.37. The highest BCUT2D eigenvalue weighted by atomic mass is 19.1. The zero-order valence-corrected chi connectivity index (χ0v) is 14.3. The number of aromatic nitrogens is 2. The summed E-state index contributed by atoms with van der Waals surface area (Å²) >= 11 is 0. The van der Waals surface area contributed by atoms with Gasteiger partial charge < -0.3 is 10.2 Å². The van der Waals surface area contributed by atoms with Crippen molar-refractivity contribution >= 4 is 17.5 Å². The molecule has 1 N–H and O–H groups in total. The predicted molar refractivity (Wildman–Crippen MR) is 92.4 cm³/mol. The fourth-order valence-electron chi connectivity index (χ4n) is 2.28. The number of amides is 2. The lowest BCUT2D eigenvalue weighted by atomic mass is 10.2. The molecule has 2 amide bonds. The average molecular weight is 344 g/mol. The third-order valence-corrected chi connectivity index (χ3v) is 3.39. The second kappa shape index (κ2) is 8.86. The molecule has 6 nitrogen and oxygen atoms in total. The van der Waals surface area contributed by atoms with Crippen molar-refractivity contribution in [2.24, 2.45) is 5.92 Å². The Kier molecular flexibility index (Phi) is 6.56. The minimum absolute atomic E-state index is 0.135. The number of hydrogen-bond acceptors (Lipinski definition) is 4. The first kappa shape index (κ1) is 18.5. The van der Waals surface area contributed by atoms with E-state index in [0.29, 0.717) is 12.2 Å². The van der Waals surface area contributed by atoms with Crippen molar-refractivity contribution in [1.82, 2.24) is 14.9 Å². The van der Waals surface area contributed by atoms with Crippen molar-refractivity contribution in [3.05, 3.63) is 54.4 Å². The molecular weight excluding hydrogens is 323 g/mol. The topological polar surface area (TPSA) is 75.2 Å². The smallest absolute Gasteiger partial charge is 0.274 e. The number of halogens is 1. The second-order valence-electron chi connectivity index (χ2n) is 6.04. The number of anilines is 1. The van der Waals surface area contributed by atoms with Crippen LogP contribution in [0.5, 0.6) is 0 Å². The summed E-state index contributed by atoms with van der Waals surface area (Å²) in [5.74, 6) is -0.611. The molecule has 0 radical (unpaired) electrons. The Hall–Kier alpha value is -2.83. The van der Waals surface area contributed by atoms with Crippen molar-refractivity contribution in [2.45, 2.75) is 20.3 Å². The highest BCUT2D eigenvalue weighted by Crippen LogP contribution is 2.10. The highest BCUT2D eigenvalue weighted by molar-refractivity contribution is 5.93. The third kappa shape index (κ3) is 5.95. The maximum Gasteiger partial charge on any atom is 0.274 e. The summed E-state index contributed by atoms with van der Waals surface area (Å²) in [5.41, 5.74) is 0.768. The van der Waals surface area contributed by atoms with Crippen molar-refractivity contribution < 1.29 is 14.0 Å². The van der Waals surface area contributed by atoms with Crippen LogP contribution in [0.3, 0.4) is 0 Å². The molecule has 0 saturated heterocycles. The van der Waals surface area contributed by atoms with Gasteiger partial charge in [0, 0.05) is 37.6 Å². The Morgan fingerprint density at radius 3 is 2.52 bits per heavy atom. The van der Waals surface area contributed by atoms with Gasteiger partial charge in [0.15, 0.2) is 0 Å². The van der Waals surface area contributed by atoms with Crippen LogP contribution in [-0.2, 0) is 4.79 Å². The Balaban J connectivity index is 1.96. The molecule has 0 unspecified atom stereocenters. The lowest BCUT2D eigenvalue weighted by Gasteiger charge is -2.24. The van der Waals surface area contributed by atoms with Crippen LogP contribution in [0.1, 0.15) is 30.8 Å². The zero-order valence-electron chi connectivity index (χ0n) is 14.3. The van der Waals surface area contributed by atoms with Crippen molar-refractivity contribution in [3.63, 3.8) is 0 Å². The maximum atomic E-state index is 12.9. The van der Waals surface area contributed by atoms with Gasteiger partial charge in [0.2, 0.25) is 5.91 Å². The van der Waals surface area contributed by atoms with Gasteiger partial charge in [-0.05, 0) is 30.2 Å². The molecule has 0 aliphatic heterocycles. The lowest BCUT2D eigenvalue weighted by molar-refractivity contribution is -0.116. The van der Waals surface area contributed by atoms with Crippen LogP contribution in [0.4, 0.5) is 10.1 Å². The van der Waals surface area contributed by atoms with Crippen LogP contribution in [-0.4, -0.2) is 39.8 Å². The summed E-state index contributed by atoms with van der Waals surface area (Å²) in [5, 5.41) is 2.68. The van der Waals surface area contributed by atoms with Crippen LogP contribution >= 0.6 is 0 Å². The van der Waals surface area contributed by atoms with Gasteiger partial charge in [0.1, 0.15) is 11.5 Å². The van der Waals surface area contributed by atoms with E-state index in [1.54, 1.807) is 4.90 Å². The first-order chi connectivity index (χ1) is 12.0. The number of nitrogens with zero attached hydrogens (tertiary/aromatic N) is 3. The first-order valence-corrected chi connectivity index (χ1v) is 8.06. The van der Waals surface area contributed by atoms with Gasteiger partial charge in [-0.1, -0.05) is 13.8 Å². The van der Waals surface area contributed by atoms with Gasteiger partial charge in [-0.15, -0.1) is 0 Å². The third-order valence-electron chi connectivity index (χ3n) is 3.39. The Labute approximate surface area is 146 Å². The number of benzene rings is 1. The summed E-state index contributed by atoms with van der Waals surface area (Å²) in [6.45, 7) is 4.77. The van der Waals surface area contributed by atoms with Crippen LogP contribution in [0.25, 0.3) is 0 Å². The Morgan fingerprint density at radius 1 is 1.20 bits per heavy atom. The van der Waals surface area contributed by atoms with E-state index in [-0.39, 0.29) is 42.2 Å². The van der Waals surface area contributed by atoms with E-state index < -0.39 is 0 Å². The quantitative estimate of drug-likeness (QED) is 0.838. The van der Waals surface area contributed by atoms with Gasteiger partial charge in [0.05, 0.1) is 6.20 Å². The predicted octanol–water partition coefficient (Wildman–Crippen LogP) is 2.74. The molecule has 25 heavy (non-hydrogen) atoms. The van der Waals surface area contributed by atoms with Crippen molar-refractivity contribution in [2.75, 3.05) is 18.4 Å². The summed E-state index contributed by atoms with van der Waals surface area (Å²) in [6, 6.07) is 5.53. The summed E-state index contributed by atoms with van der Waals surface area (Å²) in [7, 11) is 0. The standard InChI is InChI=1S/C18H21FN4O2/c1-13(2)12-23(18(25)16-11-20-8-9-21-16)10-7-17(24)22-15-5-3-14(19)4-6-15/h3-6,8-9,11,13H,7,10,12H2,1-2H3,(H,22,24). The van der Waals surface area contributed by atoms with Gasteiger partial charge in [-0.3, -0.25) is 14.6 Å². The van der Waals surface area contributed by atoms with Crippen LogP contribution < -0.4 is 5.32 Å². The molecule has 1 aromatic heterocycles. The molecule has 0 aliphatic rings. The molecule has 1 aromatic carbocycles. The summed E-state index contributed by atoms with van der Waals surface area (Å²) < 4.78 is 12.9. The van der Waals surface area contributed by atoms with E-state index in [0.717, 1.165) is 0 Å². The molecule has 7 heteroatoms. The number of carbonyl (C=O) groups is 2. The minimum atomic E-state index is -0.365. The highest BCUT2D eigenvalue weighted by Gasteiger charge is 2.19. The normalized spacial score (nSPS) is 10.6. The molecule has 2 rings (SSSR count). The molecule has 0 bridgehead atoms. The van der Waals surface area contributed by atoms with E-state index in [1.165, 1.54) is 42.9 Å².